The zero-order valence-corrected chi connectivity index (χ0v) is 16.1. The van der Waals surface area contributed by atoms with Crippen molar-refractivity contribution in [2.75, 3.05) is 17.3 Å². The molecular weight excluding hydrogens is 344 g/mol. The van der Waals surface area contributed by atoms with E-state index in [-0.39, 0.29) is 16.9 Å². The number of aliphatic hydroxyl groups excluding tert-OH is 1. The average molecular weight is 375 g/mol. The number of ketones is 1. The van der Waals surface area contributed by atoms with E-state index in [4.69, 9.17) is 5.11 Å². The van der Waals surface area contributed by atoms with Gasteiger partial charge in [0.25, 0.3) is 0 Å². The Bertz CT molecular complexity index is 412. The fourth-order valence-electron chi connectivity index (χ4n) is 2.76. The van der Waals surface area contributed by atoms with Crippen LogP contribution in [0.4, 0.5) is 0 Å². The second kappa shape index (κ2) is 12.8. The maximum Gasteiger partial charge on any atom is 0.313 e. The number of hydrogen-bond acceptors (Lipinski definition) is 5. The molecule has 1 saturated carbocycles. The van der Waals surface area contributed by atoms with Gasteiger partial charge in [0, 0.05) is 6.42 Å². The van der Waals surface area contributed by atoms with E-state index < -0.39 is 12.1 Å². The van der Waals surface area contributed by atoms with E-state index in [1.54, 1.807) is 11.8 Å². The predicted molar refractivity (Wildman–Crippen MR) is 103 cm³/mol. The van der Waals surface area contributed by atoms with Gasteiger partial charge in [-0.15, -0.1) is 11.8 Å². The molecule has 1 rings (SSSR count). The van der Waals surface area contributed by atoms with Crippen LogP contribution in [0.5, 0.6) is 0 Å². The van der Waals surface area contributed by atoms with E-state index in [0.29, 0.717) is 12.2 Å². The van der Waals surface area contributed by atoms with Crippen molar-refractivity contribution in [3.05, 3.63) is 12.2 Å². The van der Waals surface area contributed by atoms with E-state index in [1.165, 1.54) is 11.8 Å². The van der Waals surface area contributed by atoms with Gasteiger partial charge in [-0.3, -0.25) is 9.59 Å². The number of Topliss-reactive ketones (excluding diaryl/α,β-unsaturated/α-hetero) is 1. The number of rotatable bonds is 13. The van der Waals surface area contributed by atoms with Crippen LogP contribution in [0.1, 0.15) is 51.9 Å². The molecule has 1 aliphatic rings. The normalized spacial score (nSPS) is 22.3. The van der Waals surface area contributed by atoms with Crippen LogP contribution >= 0.6 is 23.5 Å². The molecular formula is C18H30O4S2. The Morgan fingerprint density at radius 1 is 1.33 bits per heavy atom. The first-order chi connectivity index (χ1) is 11.5. The number of aliphatic hydroxyl groups is 1. The van der Waals surface area contributed by atoms with Crippen molar-refractivity contribution in [1.82, 2.24) is 0 Å². The fourth-order valence-corrected chi connectivity index (χ4v) is 4.95. The highest BCUT2D eigenvalue weighted by atomic mass is 32.2. The average Bonchev–Trinajstić information content (AvgIpc) is 2.89. The summed E-state index contributed by atoms with van der Waals surface area (Å²) < 4.78 is 0. The SMILES string of the molecule is CCCCC[C@H](O)C=C[C@H]1CCC(=O)[C@@H]1SCCCSCC(=O)O. The van der Waals surface area contributed by atoms with Gasteiger partial charge in [-0.1, -0.05) is 38.3 Å². The van der Waals surface area contributed by atoms with Crippen molar-refractivity contribution >= 4 is 35.3 Å². The van der Waals surface area contributed by atoms with Crippen molar-refractivity contribution in [2.45, 2.75) is 63.2 Å². The summed E-state index contributed by atoms with van der Waals surface area (Å²) in [7, 11) is 0. The quantitative estimate of drug-likeness (QED) is 0.377. The molecule has 6 heteroatoms. The zero-order chi connectivity index (χ0) is 17.8. The molecule has 0 saturated heterocycles. The number of carboxylic acids is 1. The minimum atomic E-state index is -0.777. The molecule has 4 nitrogen and oxygen atoms in total. The Morgan fingerprint density at radius 2 is 2.12 bits per heavy atom. The van der Waals surface area contributed by atoms with Crippen LogP contribution in [0.2, 0.25) is 0 Å². The summed E-state index contributed by atoms with van der Waals surface area (Å²) in [4.78, 5) is 22.5. The predicted octanol–water partition coefficient (Wildman–Crippen LogP) is 3.77. The van der Waals surface area contributed by atoms with Crippen molar-refractivity contribution < 1.29 is 19.8 Å². The van der Waals surface area contributed by atoms with Crippen LogP contribution in [0, 0.1) is 5.92 Å². The van der Waals surface area contributed by atoms with Gasteiger partial charge in [-0.25, -0.2) is 0 Å². The molecule has 1 fully saturated rings. The first-order valence-electron chi connectivity index (χ1n) is 8.84. The van der Waals surface area contributed by atoms with E-state index in [9.17, 15) is 14.7 Å². The zero-order valence-electron chi connectivity index (χ0n) is 14.5. The van der Waals surface area contributed by atoms with Gasteiger partial charge in [0.2, 0.25) is 0 Å². The number of aliphatic carboxylic acids is 1. The number of allylic oxidation sites excluding steroid dienone is 1. The van der Waals surface area contributed by atoms with Crippen LogP contribution in [0.15, 0.2) is 12.2 Å². The van der Waals surface area contributed by atoms with Gasteiger partial charge in [0.1, 0.15) is 5.78 Å². The smallest absolute Gasteiger partial charge is 0.313 e. The summed E-state index contributed by atoms with van der Waals surface area (Å²) in [5.41, 5.74) is 0. The minimum Gasteiger partial charge on any atom is -0.481 e. The highest BCUT2D eigenvalue weighted by Crippen LogP contribution is 2.34. The largest absolute Gasteiger partial charge is 0.481 e. The van der Waals surface area contributed by atoms with Crippen molar-refractivity contribution in [3.8, 4) is 0 Å². The van der Waals surface area contributed by atoms with Crippen LogP contribution in [0.3, 0.4) is 0 Å². The third-order valence-electron chi connectivity index (χ3n) is 4.07. The topological polar surface area (TPSA) is 74.6 Å². The first kappa shape index (κ1) is 21.6. The molecule has 1 aliphatic carbocycles. The Morgan fingerprint density at radius 3 is 2.83 bits per heavy atom. The lowest BCUT2D eigenvalue weighted by Crippen LogP contribution is -2.17. The van der Waals surface area contributed by atoms with Gasteiger partial charge >= 0.3 is 5.97 Å². The van der Waals surface area contributed by atoms with Crippen LogP contribution < -0.4 is 0 Å². The summed E-state index contributed by atoms with van der Waals surface area (Å²) >= 11 is 3.11. The second-order valence-corrected chi connectivity index (χ2v) is 8.56. The Kier molecular flexibility index (Phi) is 11.5. The Balaban J connectivity index is 2.28. The van der Waals surface area contributed by atoms with E-state index in [1.807, 2.05) is 12.2 Å². The van der Waals surface area contributed by atoms with Gasteiger partial charge in [0.05, 0.1) is 17.1 Å². The highest BCUT2D eigenvalue weighted by Gasteiger charge is 2.33. The Labute approximate surface area is 153 Å². The molecule has 0 spiro atoms. The maximum absolute atomic E-state index is 12.0. The summed E-state index contributed by atoms with van der Waals surface area (Å²) in [6.45, 7) is 2.15. The molecule has 3 atom stereocenters. The monoisotopic (exact) mass is 374 g/mol. The maximum atomic E-state index is 12.0. The van der Waals surface area contributed by atoms with Gasteiger partial charge in [-0.05, 0) is 36.7 Å². The fraction of sp³-hybridized carbons (Fsp3) is 0.778. The molecule has 2 N–H and O–H groups in total. The molecule has 24 heavy (non-hydrogen) atoms. The number of carbonyl (C=O) groups excluding carboxylic acids is 1. The molecule has 0 aromatic carbocycles. The molecule has 0 aromatic rings. The molecule has 0 radical (unpaired) electrons. The molecule has 0 bridgehead atoms. The van der Waals surface area contributed by atoms with Crippen molar-refractivity contribution in [1.29, 1.82) is 0 Å². The first-order valence-corrected chi connectivity index (χ1v) is 11.0. The molecule has 138 valence electrons. The summed E-state index contributed by atoms with van der Waals surface area (Å²) in [5, 5.41) is 18.6. The third-order valence-corrected chi connectivity index (χ3v) is 6.59. The molecule has 0 aliphatic heterocycles. The highest BCUT2D eigenvalue weighted by molar-refractivity contribution is 8.01. The van der Waals surface area contributed by atoms with Crippen LogP contribution in [-0.4, -0.2) is 50.6 Å². The summed E-state index contributed by atoms with van der Waals surface area (Å²) in [6.07, 6.45) is 10.1. The lowest BCUT2D eigenvalue weighted by molar-refractivity contribution is -0.133. The number of carbonyl (C=O) groups is 2. The van der Waals surface area contributed by atoms with Gasteiger partial charge in [0.15, 0.2) is 0 Å². The van der Waals surface area contributed by atoms with E-state index in [2.05, 4.69) is 6.92 Å². The van der Waals surface area contributed by atoms with Crippen molar-refractivity contribution in [3.63, 3.8) is 0 Å². The number of carboxylic acid groups (broad SMARTS) is 1. The summed E-state index contributed by atoms with van der Waals surface area (Å²) in [5.74, 6) is 1.61. The number of thioether (sulfide) groups is 2. The minimum absolute atomic E-state index is 0.00793. The number of hydrogen-bond donors (Lipinski definition) is 2. The molecule has 0 heterocycles. The van der Waals surface area contributed by atoms with Gasteiger partial charge < -0.3 is 10.2 Å². The van der Waals surface area contributed by atoms with Crippen LogP contribution in [-0.2, 0) is 9.59 Å². The van der Waals surface area contributed by atoms with E-state index in [0.717, 1.165) is 50.0 Å². The summed E-state index contributed by atoms with van der Waals surface area (Å²) in [6, 6.07) is 0. The van der Waals surface area contributed by atoms with Crippen molar-refractivity contribution in [2.24, 2.45) is 5.92 Å². The lowest BCUT2D eigenvalue weighted by Gasteiger charge is -2.15. The standard InChI is InChI=1S/C18H30O4S2/c1-2-3-4-6-15(19)9-7-14-8-10-16(20)18(14)24-12-5-11-23-13-17(21)22/h7,9,14-15,18-19H,2-6,8,10-13H2,1H3,(H,21,22)/t14-,15-,18+/m0/s1. The molecule has 0 aromatic heterocycles. The molecule has 0 amide bonds. The third kappa shape index (κ3) is 9.14. The van der Waals surface area contributed by atoms with Crippen LogP contribution in [0.25, 0.3) is 0 Å². The van der Waals surface area contributed by atoms with Gasteiger partial charge in [-0.2, -0.15) is 11.8 Å². The lowest BCUT2D eigenvalue weighted by atomic mass is 10.0. The van der Waals surface area contributed by atoms with E-state index >= 15 is 0 Å². The number of unbranched alkanes of at least 4 members (excludes halogenated alkanes) is 2. The second-order valence-electron chi connectivity index (χ2n) is 6.21. The Hall–Kier alpha value is -0.460. The molecule has 0 unspecified atom stereocenters.